The highest BCUT2D eigenvalue weighted by Gasteiger charge is 2.05. The van der Waals surface area contributed by atoms with Crippen LogP contribution >= 0.6 is 11.3 Å². The number of aryl methyl sites for hydroxylation is 1. The number of hydrogen-bond acceptors (Lipinski definition) is 5. The van der Waals surface area contributed by atoms with Gasteiger partial charge in [-0.2, -0.15) is 0 Å². The number of rotatable bonds is 5. The normalized spacial score (nSPS) is 11.5. The maximum atomic E-state index is 11.9. The fraction of sp³-hybridized carbons (Fsp3) is 0.167. The number of benzene rings is 2. The van der Waals surface area contributed by atoms with Gasteiger partial charge in [-0.05, 0) is 43.3 Å². The molecular weight excluding hydrogens is 338 g/mol. The maximum Gasteiger partial charge on any atom is 0.278 e. The van der Waals surface area contributed by atoms with Gasteiger partial charge in [-0.15, -0.1) is 5.10 Å². The molecule has 1 aromatic heterocycles. The molecule has 0 unspecified atom stereocenters. The number of thiazole rings is 1. The number of Topliss-reactive ketones (excluding diaryl/α,β-unsaturated/α-hetero) is 1. The van der Waals surface area contributed by atoms with E-state index in [1.807, 2.05) is 35.9 Å². The van der Waals surface area contributed by atoms with Crippen LogP contribution < -0.4 is 15.0 Å². The van der Waals surface area contributed by atoms with Gasteiger partial charge < -0.3 is 9.30 Å². The summed E-state index contributed by atoms with van der Waals surface area (Å²) in [6.45, 7) is 1.34. The number of nitrogens with one attached hydrogen (secondary N) is 1. The molecule has 1 heterocycles. The minimum atomic E-state index is -0.354. The van der Waals surface area contributed by atoms with Gasteiger partial charge in [0, 0.05) is 12.6 Å². The van der Waals surface area contributed by atoms with Crippen molar-refractivity contribution in [2.75, 3.05) is 6.61 Å². The minimum absolute atomic E-state index is 0.0145. The van der Waals surface area contributed by atoms with Gasteiger partial charge in [-0.25, -0.2) is 5.43 Å². The number of amides is 1. The molecule has 2 aromatic carbocycles. The number of fused-ring (bicyclic) bond motifs is 1. The van der Waals surface area contributed by atoms with E-state index in [0.29, 0.717) is 16.1 Å². The first-order chi connectivity index (χ1) is 12.0. The molecule has 3 aromatic rings. The second-order valence-corrected chi connectivity index (χ2v) is 6.44. The van der Waals surface area contributed by atoms with Crippen LogP contribution in [0.2, 0.25) is 0 Å². The van der Waals surface area contributed by atoms with Crippen molar-refractivity contribution in [3.63, 3.8) is 0 Å². The summed E-state index contributed by atoms with van der Waals surface area (Å²) < 4.78 is 8.41. The zero-order valence-electron chi connectivity index (χ0n) is 13.9. The molecule has 0 bridgehead atoms. The molecule has 1 amide bonds. The third-order valence-electron chi connectivity index (χ3n) is 3.62. The molecular formula is C18H17N3O3S. The van der Waals surface area contributed by atoms with Gasteiger partial charge in [0.1, 0.15) is 5.75 Å². The van der Waals surface area contributed by atoms with E-state index in [0.717, 1.165) is 10.2 Å². The quantitative estimate of drug-likeness (QED) is 0.564. The minimum Gasteiger partial charge on any atom is -0.484 e. The lowest BCUT2D eigenvalue weighted by molar-refractivity contribution is -0.123. The number of ether oxygens (including phenoxy) is 1. The summed E-state index contributed by atoms with van der Waals surface area (Å²) in [6.07, 6.45) is 0. The molecule has 0 aliphatic rings. The summed E-state index contributed by atoms with van der Waals surface area (Å²) >= 11 is 1.49. The van der Waals surface area contributed by atoms with Crippen molar-refractivity contribution >= 4 is 33.2 Å². The maximum absolute atomic E-state index is 11.9. The Labute approximate surface area is 148 Å². The summed E-state index contributed by atoms with van der Waals surface area (Å²) in [5.41, 5.74) is 4.16. The predicted octanol–water partition coefficient (Wildman–Crippen LogP) is 2.45. The molecule has 0 radical (unpaired) electrons. The van der Waals surface area contributed by atoms with Crippen LogP contribution in [0, 0.1) is 0 Å². The van der Waals surface area contributed by atoms with Crippen LogP contribution in [0.25, 0.3) is 10.2 Å². The van der Waals surface area contributed by atoms with Crippen LogP contribution in [0.5, 0.6) is 5.75 Å². The molecule has 7 heteroatoms. The van der Waals surface area contributed by atoms with Gasteiger partial charge in [0.05, 0.1) is 10.2 Å². The number of nitrogens with zero attached hydrogens (tertiary/aromatic N) is 2. The largest absolute Gasteiger partial charge is 0.484 e. The molecule has 6 nitrogen and oxygen atoms in total. The lowest BCUT2D eigenvalue weighted by Crippen LogP contribution is -2.27. The third kappa shape index (κ3) is 3.95. The van der Waals surface area contributed by atoms with Crippen molar-refractivity contribution in [1.29, 1.82) is 0 Å². The lowest BCUT2D eigenvalue weighted by atomic mass is 10.1. The molecule has 3 rings (SSSR count). The highest BCUT2D eigenvalue weighted by Crippen LogP contribution is 2.15. The Morgan fingerprint density at radius 3 is 2.56 bits per heavy atom. The first-order valence-corrected chi connectivity index (χ1v) is 8.47. The highest BCUT2D eigenvalue weighted by molar-refractivity contribution is 7.16. The van der Waals surface area contributed by atoms with E-state index < -0.39 is 0 Å². The van der Waals surface area contributed by atoms with E-state index in [1.165, 1.54) is 18.3 Å². The van der Waals surface area contributed by atoms with Gasteiger partial charge >= 0.3 is 0 Å². The number of para-hydroxylation sites is 1. The summed E-state index contributed by atoms with van der Waals surface area (Å²) in [5, 5.41) is 4.15. The van der Waals surface area contributed by atoms with Crippen LogP contribution in [0.15, 0.2) is 53.6 Å². The molecule has 25 heavy (non-hydrogen) atoms. The van der Waals surface area contributed by atoms with E-state index >= 15 is 0 Å². The van der Waals surface area contributed by atoms with Crippen molar-refractivity contribution in [2.24, 2.45) is 12.1 Å². The number of carbonyl (C=O) groups excluding carboxylic acids is 2. The van der Waals surface area contributed by atoms with Gasteiger partial charge in [0.15, 0.2) is 12.4 Å². The van der Waals surface area contributed by atoms with Crippen LogP contribution in [0.4, 0.5) is 0 Å². The van der Waals surface area contributed by atoms with Crippen LogP contribution in [0.1, 0.15) is 17.3 Å². The van der Waals surface area contributed by atoms with Crippen LogP contribution in [0.3, 0.4) is 0 Å². The van der Waals surface area contributed by atoms with Gasteiger partial charge in [0.25, 0.3) is 5.91 Å². The Morgan fingerprint density at radius 2 is 1.88 bits per heavy atom. The standard InChI is InChI=1S/C18H17N3O3S/c1-12(22)13-7-9-14(10-8-13)24-11-17(23)19-20-18-21(2)15-5-3-4-6-16(15)25-18/h3-10H,11H2,1-2H3,(H,19,23). The molecule has 0 spiro atoms. The van der Waals surface area contributed by atoms with Crippen LogP contribution in [-0.2, 0) is 11.8 Å². The Hall–Kier alpha value is -2.93. The molecule has 0 aliphatic carbocycles. The zero-order valence-corrected chi connectivity index (χ0v) is 14.7. The molecule has 0 atom stereocenters. The summed E-state index contributed by atoms with van der Waals surface area (Å²) in [4.78, 5) is 23.8. The first kappa shape index (κ1) is 16.9. The van der Waals surface area contributed by atoms with Crippen molar-refractivity contribution in [3.8, 4) is 5.75 Å². The average molecular weight is 355 g/mol. The average Bonchev–Trinajstić information content (AvgIpc) is 2.95. The number of aromatic nitrogens is 1. The Kier molecular flexibility index (Phi) is 4.95. The summed E-state index contributed by atoms with van der Waals surface area (Å²) in [5.74, 6) is 0.153. The molecule has 0 aliphatic heterocycles. The lowest BCUT2D eigenvalue weighted by Gasteiger charge is -2.05. The van der Waals surface area contributed by atoms with Gasteiger partial charge in [-0.1, -0.05) is 23.5 Å². The fourth-order valence-electron chi connectivity index (χ4n) is 2.27. The van der Waals surface area contributed by atoms with E-state index in [4.69, 9.17) is 4.74 Å². The Morgan fingerprint density at radius 1 is 1.16 bits per heavy atom. The Bertz CT molecular complexity index is 987. The van der Waals surface area contributed by atoms with Crippen molar-refractivity contribution in [1.82, 2.24) is 9.99 Å². The van der Waals surface area contributed by atoms with E-state index in [-0.39, 0.29) is 18.3 Å². The fourth-order valence-corrected chi connectivity index (χ4v) is 3.24. The highest BCUT2D eigenvalue weighted by atomic mass is 32.1. The smallest absolute Gasteiger partial charge is 0.278 e. The topological polar surface area (TPSA) is 72.7 Å². The van der Waals surface area contributed by atoms with E-state index in [1.54, 1.807) is 24.3 Å². The monoisotopic (exact) mass is 355 g/mol. The van der Waals surface area contributed by atoms with Crippen LogP contribution in [-0.4, -0.2) is 22.9 Å². The van der Waals surface area contributed by atoms with Crippen molar-refractivity contribution in [2.45, 2.75) is 6.92 Å². The number of ketones is 1. The second kappa shape index (κ2) is 7.31. The summed E-state index contributed by atoms with van der Waals surface area (Å²) in [7, 11) is 1.90. The molecule has 0 saturated carbocycles. The number of carbonyl (C=O) groups is 2. The first-order valence-electron chi connectivity index (χ1n) is 7.65. The predicted molar refractivity (Wildman–Crippen MR) is 96.4 cm³/mol. The third-order valence-corrected chi connectivity index (χ3v) is 4.73. The Balaban J connectivity index is 1.62. The number of hydrogen-bond donors (Lipinski definition) is 1. The van der Waals surface area contributed by atoms with E-state index in [9.17, 15) is 9.59 Å². The van der Waals surface area contributed by atoms with E-state index in [2.05, 4.69) is 10.5 Å². The van der Waals surface area contributed by atoms with Crippen molar-refractivity contribution in [3.05, 3.63) is 58.9 Å². The van der Waals surface area contributed by atoms with Gasteiger partial charge in [0.2, 0.25) is 4.80 Å². The second-order valence-electron chi connectivity index (χ2n) is 5.43. The summed E-state index contributed by atoms with van der Waals surface area (Å²) in [6, 6.07) is 14.6. The molecule has 1 N–H and O–H groups in total. The van der Waals surface area contributed by atoms with Gasteiger partial charge in [-0.3, -0.25) is 9.59 Å². The molecule has 0 saturated heterocycles. The molecule has 0 fully saturated rings. The SMILES string of the molecule is CC(=O)c1ccc(OCC(=O)NN=c2sc3ccccc3n2C)cc1. The van der Waals surface area contributed by atoms with Crippen molar-refractivity contribution < 1.29 is 14.3 Å². The molecule has 128 valence electrons. The zero-order chi connectivity index (χ0) is 17.8.